The van der Waals surface area contributed by atoms with Gasteiger partial charge in [0.25, 0.3) is 0 Å². The molecule has 0 saturated heterocycles. The molecule has 11 heavy (non-hydrogen) atoms. The normalized spacial score (nSPS) is 37.9. The zero-order valence-electron chi connectivity index (χ0n) is 8.27. The molecule has 0 aliphatic heterocycles. The van der Waals surface area contributed by atoms with Gasteiger partial charge in [-0.15, -0.1) is 0 Å². The van der Waals surface area contributed by atoms with Crippen LogP contribution >= 0.6 is 0 Å². The highest BCUT2D eigenvalue weighted by Crippen LogP contribution is 2.40. The summed E-state index contributed by atoms with van der Waals surface area (Å²) in [6, 6.07) is 0. The van der Waals surface area contributed by atoms with Gasteiger partial charge in [0.15, 0.2) is 0 Å². The van der Waals surface area contributed by atoms with Crippen LogP contribution in [0.4, 0.5) is 0 Å². The van der Waals surface area contributed by atoms with Crippen molar-refractivity contribution in [2.45, 2.75) is 52.9 Å². The Morgan fingerprint density at radius 2 is 1.73 bits per heavy atom. The lowest BCUT2D eigenvalue weighted by Crippen LogP contribution is -2.05. The van der Waals surface area contributed by atoms with Gasteiger partial charge in [-0.1, -0.05) is 40.0 Å². The highest BCUT2D eigenvalue weighted by Gasteiger charge is 2.29. The lowest BCUT2D eigenvalue weighted by atomic mass is 9.90. The summed E-state index contributed by atoms with van der Waals surface area (Å²) in [4.78, 5) is 0. The molecule has 0 heterocycles. The molecule has 1 aliphatic rings. The molecule has 3 unspecified atom stereocenters. The van der Waals surface area contributed by atoms with Crippen LogP contribution < -0.4 is 0 Å². The second kappa shape index (κ2) is 4.13. The third-order valence-electron chi connectivity index (χ3n) is 3.26. The molecule has 66 valence electrons. The molecule has 0 aromatic carbocycles. The molecule has 0 N–H and O–H groups in total. The molecule has 1 aliphatic carbocycles. The summed E-state index contributed by atoms with van der Waals surface area (Å²) in [5.41, 5.74) is 0. The molecule has 1 rings (SSSR count). The maximum atomic E-state index is 2.42. The van der Waals surface area contributed by atoms with E-state index in [0.717, 1.165) is 17.8 Å². The molecule has 0 spiro atoms. The van der Waals surface area contributed by atoms with Crippen LogP contribution in [0.1, 0.15) is 52.9 Å². The predicted molar refractivity (Wildman–Crippen MR) is 50.6 cm³/mol. The lowest BCUT2D eigenvalue weighted by Gasteiger charge is -2.16. The first-order valence-corrected chi connectivity index (χ1v) is 5.27. The van der Waals surface area contributed by atoms with Crippen LogP contribution in [-0.2, 0) is 0 Å². The van der Waals surface area contributed by atoms with Crippen LogP contribution in [0, 0.1) is 17.8 Å². The van der Waals surface area contributed by atoms with E-state index in [1.807, 2.05) is 0 Å². The Labute approximate surface area is 71.4 Å². The minimum atomic E-state index is 1.01. The second-order valence-corrected chi connectivity index (χ2v) is 4.29. The van der Waals surface area contributed by atoms with Crippen molar-refractivity contribution in [2.75, 3.05) is 0 Å². The van der Waals surface area contributed by atoms with E-state index in [1.165, 1.54) is 32.1 Å². The molecule has 0 radical (unpaired) electrons. The third-order valence-corrected chi connectivity index (χ3v) is 3.26. The highest BCUT2D eigenvalue weighted by molar-refractivity contribution is 4.80. The topological polar surface area (TPSA) is 0 Å². The fourth-order valence-corrected chi connectivity index (χ4v) is 2.74. The van der Waals surface area contributed by atoms with Crippen molar-refractivity contribution in [1.82, 2.24) is 0 Å². The van der Waals surface area contributed by atoms with E-state index < -0.39 is 0 Å². The molecule has 1 saturated carbocycles. The van der Waals surface area contributed by atoms with Crippen molar-refractivity contribution in [3.05, 3.63) is 0 Å². The maximum Gasteiger partial charge on any atom is -0.0383 e. The molecule has 1 fully saturated rings. The van der Waals surface area contributed by atoms with E-state index in [1.54, 1.807) is 0 Å². The summed E-state index contributed by atoms with van der Waals surface area (Å²) in [6.45, 7) is 7.08. The zero-order valence-corrected chi connectivity index (χ0v) is 8.27. The Morgan fingerprint density at radius 1 is 1.09 bits per heavy atom. The van der Waals surface area contributed by atoms with Gasteiger partial charge in [0.05, 0.1) is 0 Å². The Bertz CT molecular complexity index is 107. The standard InChI is InChI=1S/C11H22/c1-4-6-11-8-9(3)7-10(11)5-2/h9-11H,4-8H2,1-3H3. The Balaban J connectivity index is 2.37. The van der Waals surface area contributed by atoms with Crippen LogP contribution in [0.3, 0.4) is 0 Å². The maximum absolute atomic E-state index is 2.42. The summed E-state index contributed by atoms with van der Waals surface area (Å²) < 4.78 is 0. The quantitative estimate of drug-likeness (QED) is 0.579. The van der Waals surface area contributed by atoms with Gasteiger partial charge in [0.2, 0.25) is 0 Å². The number of hydrogen-bond donors (Lipinski definition) is 0. The van der Waals surface area contributed by atoms with Crippen LogP contribution in [0.15, 0.2) is 0 Å². The first-order valence-electron chi connectivity index (χ1n) is 5.27. The molecule has 0 nitrogen and oxygen atoms in total. The number of hydrogen-bond acceptors (Lipinski definition) is 0. The summed E-state index contributed by atoms with van der Waals surface area (Å²) in [6.07, 6.45) is 7.28. The number of rotatable bonds is 3. The first kappa shape index (κ1) is 9.09. The summed E-state index contributed by atoms with van der Waals surface area (Å²) >= 11 is 0. The second-order valence-electron chi connectivity index (χ2n) is 4.29. The molecule has 0 aromatic rings. The molecule has 0 amide bonds. The van der Waals surface area contributed by atoms with Crippen LogP contribution in [-0.4, -0.2) is 0 Å². The molecule has 0 bridgehead atoms. The van der Waals surface area contributed by atoms with E-state index >= 15 is 0 Å². The van der Waals surface area contributed by atoms with Crippen LogP contribution in [0.2, 0.25) is 0 Å². The van der Waals surface area contributed by atoms with Crippen LogP contribution in [0.5, 0.6) is 0 Å². The van der Waals surface area contributed by atoms with E-state index in [4.69, 9.17) is 0 Å². The minimum absolute atomic E-state index is 1.01. The Hall–Kier alpha value is 0. The monoisotopic (exact) mass is 154 g/mol. The minimum Gasteiger partial charge on any atom is -0.0654 e. The average molecular weight is 154 g/mol. The fourth-order valence-electron chi connectivity index (χ4n) is 2.74. The molecule has 0 aromatic heterocycles. The van der Waals surface area contributed by atoms with Gasteiger partial charge in [-0.3, -0.25) is 0 Å². The zero-order chi connectivity index (χ0) is 8.27. The molecule has 0 heteroatoms. The summed E-state index contributed by atoms with van der Waals surface area (Å²) in [7, 11) is 0. The Kier molecular flexibility index (Phi) is 3.42. The van der Waals surface area contributed by atoms with Gasteiger partial charge in [0.1, 0.15) is 0 Å². The lowest BCUT2D eigenvalue weighted by molar-refractivity contribution is 0.352. The van der Waals surface area contributed by atoms with Gasteiger partial charge in [-0.2, -0.15) is 0 Å². The van der Waals surface area contributed by atoms with Crippen molar-refractivity contribution < 1.29 is 0 Å². The summed E-state index contributed by atoms with van der Waals surface area (Å²) in [5, 5.41) is 0. The van der Waals surface area contributed by atoms with Crippen molar-refractivity contribution >= 4 is 0 Å². The van der Waals surface area contributed by atoms with Crippen molar-refractivity contribution in [2.24, 2.45) is 17.8 Å². The molecule has 3 atom stereocenters. The SMILES string of the molecule is CCCC1CC(C)CC1CC. The fraction of sp³-hybridized carbons (Fsp3) is 1.00. The largest absolute Gasteiger partial charge is 0.0654 e. The molecular formula is C11H22. The van der Waals surface area contributed by atoms with Gasteiger partial charge < -0.3 is 0 Å². The first-order chi connectivity index (χ1) is 5.27. The average Bonchev–Trinajstić information content (AvgIpc) is 2.32. The van der Waals surface area contributed by atoms with Crippen molar-refractivity contribution in [3.8, 4) is 0 Å². The van der Waals surface area contributed by atoms with E-state index in [2.05, 4.69) is 20.8 Å². The van der Waals surface area contributed by atoms with Crippen LogP contribution in [0.25, 0.3) is 0 Å². The van der Waals surface area contributed by atoms with E-state index in [0.29, 0.717) is 0 Å². The predicted octanol–water partition coefficient (Wildman–Crippen LogP) is 3.86. The van der Waals surface area contributed by atoms with Gasteiger partial charge >= 0.3 is 0 Å². The molecular weight excluding hydrogens is 132 g/mol. The van der Waals surface area contributed by atoms with Gasteiger partial charge in [-0.05, 0) is 30.6 Å². The van der Waals surface area contributed by atoms with E-state index in [-0.39, 0.29) is 0 Å². The Morgan fingerprint density at radius 3 is 2.27 bits per heavy atom. The highest BCUT2D eigenvalue weighted by atomic mass is 14.3. The summed E-state index contributed by atoms with van der Waals surface area (Å²) in [5.74, 6) is 3.14. The van der Waals surface area contributed by atoms with Crippen molar-refractivity contribution in [3.63, 3.8) is 0 Å². The van der Waals surface area contributed by atoms with Gasteiger partial charge in [0, 0.05) is 0 Å². The van der Waals surface area contributed by atoms with Gasteiger partial charge in [-0.25, -0.2) is 0 Å². The third kappa shape index (κ3) is 2.21. The van der Waals surface area contributed by atoms with Crippen molar-refractivity contribution in [1.29, 1.82) is 0 Å². The van der Waals surface area contributed by atoms with E-state index in [9.17, 15) is 0 Å². The smallest absolute Gasteiger partial charge is 0.0383 e.